The number of hydrogen-bond acceptors (Lipinski definition) is 6. The van der Waals surface area contributed by atoms with Gasteiger partial charge in [-0.2, -0.15) is 0 Å². The summed E-state index contributed by atoms with van der Waals surface area (Å²) in [7, 11) is 3.05. The number of hydrogen-bond donors (Lipinski definition) is 3. The molecule has 0 rings (SSSR count). The first-order valence-electron chi connectivity index (χ1n) is 5.73. The van der Waals surface area contributed by atoms with Crippen LogP contribution in [0.4, 0.5) is 0 Å². The zero-order valence-corrected chi connectivity index (χ0v) is 15.2. The van der Waals surface area contributed by atoms with Crippen LogP contribution in [0.25, 0.3) is 0 Å². The molecule has 0 heterocycles. The Morgan fingerprint density at radius 2 is 1.05 bits per heavy atom. The van der Waals surface area contributed by atoms with Gasteiger partial charge in [0.25, 0.3) is 0 Å². The summed E-state index contributed by atoms with van der Waals surface area (Å²) in [5, 5.41) is 0. The lowest BCUT2D eigenvalue weighted by atomic mass is 10.4. The summed E-state index contributed by atoms with van der Waals surface area (Å²) < 4.78 is 66.8. The lowest BCUT2D eigenvalue weighted by molar-refractivity contribution is -0.870. The van der Waals surface area contributed by atoms with Crippen molar-refractivity contribution in [2.24, 2.45) is 0 Å². The van der Waals surface area contributed by atoms with Crippen LogP contribution < -0.4 is 4.90 Å². The molecule has 21 heavy (non-hydrogen) atoms. The van der Waals surface area contributed by atoms with Crippen LogP contribution >= 0.6 is 0 Å². The van der Waals surface area contributed by atoms with Gasteiger partial charge in [0.15, 0.2) is 0 Å². The largest absolute Gasteiger partial charge is 0.726 e. The summed E-state index contributed by atoms with van der Waals surface area (Å²) in [4.78, 5) is 1.42. The van der Waals surface area contributed by atoms with Crippen LogP contribution in [0.2, 0.25) is 0 Å². The summed E-state index contributed by atoms with van der Waals surface area (Å²) >= 11 is 0. The van der Waals surface area contributed by atoms with Crippen LogP contribution in [-0.2, 0) is 20.8 Å². The van der Waals surface area contributed by atoms with Gasteiger partial charge in [0.05, 0.1) is 48.8 Å². The second kappa shape index (κ2) is 13.3. The quantitative estimate of drug-likeness (QED) is 0.287. The highest BCUT2D eigenvalue weighted by molar-refractivity contribution is 7.80. The van der Waals surface area contributed by atoms with Crippen molar-refractivity contribution < 1.29 is 44.4 Å². The fourth-order valence-electron chi connectivity index (χ4n) is 0.671. The van der Waals surface area contributed by atoms with E-state index in [-0.39, 0.29) is 0 Å². The maximum atomic E-state index is 8.63. The predicted molar refractivity (Wildman–Crippen MR) is 76.6 cm³/mol. The average Bonchev–Trinajstić information content (AvgIpc) is 1.91. The Bertz CT molecular complexity index is 363. The molecule has 0 aromatic carbocycles. The van der Waals surface area contributed by atoms with Crippen molar-refractivity contribution in [3.8, 4) is 0 Å². The second-order valence-electron chi connectivity index (χ2n) is 5.37. The van der Waals surface area contributed by atoms with Crippen molar-refractivity contribution in [3.05, 3.63) is 0 Å². The van der Waals surface area contributed by atoms with Crippen LogP contribution in [0.15, 0.2) is 0 Å². The summed E-state index contributed by atoms with van der Waals surface area (Å²) in [6.07, 6.45) is 1.28. The zero-order chi connectivity index (χ0) is 18.5. The maximum absolute atomic E-state index is 8.63. The van der Waals surface area contributed by atoms with Crippen LogP contribution in [0, 0.1) is 0 Å². The van der Waals surface area contributed by atoms with Crippen molar-refractivity contribution in [1.82, 2.24) is 0 Å². The van der Waals surface area contributed by atoms with Crippen LogP contribution in [0.3, 0.4) is 0 Å². The minimum absolute atomic E-state index is 1.09. The van der Waals surface area contributed by atoms with E-state index in [0.717, 1.165) is 4.48 Å². The van der Waals surface area contributed by atoms with Gasteiger partial charge < -0.3 is 18.5 Å². The fourth-order valence-corrected chi connectivity index (χ4v) is 0.671. The summed E-state index contributed by atoms with van der Waals surface area (Å²) in [6.45, 7) is 3.49. The van der Waals surface area contributed by atoms with E-state index in [1.54, 1.807) is 0 Å². The van der Waals surface area contributed by atoms with Gasteiger partial charge in [0.1, 0.15) is 0 Å². The van der Waals surface area contributed by atoms with Gasteiger partial charge in [-0.1, -0.05) is 6.92 Å². The van der Waals surface area contributed by atoms with Gasteiger partial charge in [0, 0.05) is 0 Å². The van der Waals surface area contributed by atoms with Crippen molar-refractivity contribution in [3.63, 3.8) is 0 Å². The lowest BCUT2D eigenvalue weighted by Crippen LogP contribution is -3.02. The number of rotatable bonds is 2. The van der Waals surface area contributed by atoms with E-state index in [2.05, 4.69) is 49.2 Å². The third kappa shape index (κ3) is 458. The minimum Gasteiger partial charge on any atom is -0.726 e. The Morgan fingerprint density at radius 3 is 1.05 bits per heavy atom. The van der Waals surface area contributed by atoms with Crippen molar-refractivity contribution >= 4 is 20.8 Å². The molecule has 0 aliphatic carbocycles. The maximum Gasteiger partial charge on any atom is 0.215 e. The van der Waals surface area contributed by atoms with Crippen molar-refractivity contribution in [1.29, 1.82) is 0 Å². The molecule has 3 N–H and O–H groups in total. The van der Waals surface area contributed by atoms with E-state index in [1.165, 1.54) is 17.9 Å². The van der Waals surface area contributed by atoms with Crippen LogP contribution in [-0.4, -0.2) is 88.4 Å². The molecule has 134 valence electrons. The van der Waals surface area contributed by atoms with Gasteiger partial charge in [-0.25, -0.2) is 16.8 Å². The molecule has 0 saturated carbocycles. The molecule has 0 amide bonds. The van der Waals surface area contributed by atoms with E-state index in [9.17, 15) is 0 Å². The minimum atomic E-state index is -4.92. The number of nitrogens with one attached hydrogen (secondary N) is 1. The van der Waals surface area contributed by atoms with Gasteiger partial charge in [-0.05, 0) is 6.42 Å². The highest BCUT2D eigenvalue weighted by Gasteiger charge is 2.01. The molecular weight excluding hydrogens is 328 g/mol. The monoisotopic (exact) mass is 356 g/mol. The first kappa shape index (κ1) is 28.8. The SMILES string of the molecule is CCC[N+](C)(C)C.C[NH+](C)C.O=S(=O)([O-])O.O=S(=O)([O-])O. The summed E-state index contributed by atoms with van der Waals surface area (Å²) in [6, 6.07) is 0. The molecule has 0 radical (unpaired) electrons. The highest BCUT2D eigenvalue weighted by atomic mass is 32.3. The Labute approximate surface area is 128 Å². The molecular formula is C9H28N2O8S2. The third-order valence-corrected chi connectivity index (χ3v) is 0.894. The molecule has 0 aromatic heterocycles. The van der Waals surface area contributed by atoms with Gasteiger partial charge in [0.2, 0.25) is 20.8 Å². The molecule has 0 saturated heterocycles. The Kier molecular flexibility index (Phi) is 18.3. The van der Waals surface area contributed by atoms with E-state index in [4.69, 9.17) is 35.0 Å². The molecule has 10 nitrogen and oxygen atoms in total. The smallest absolute Gasteiger partial charge is 0.215 e. The molecule has 0 spiro atoms. The number of nitrogens with zero attached hydrogens (tertiary/aromatic N) is 1. The predicted octanol–water partition coefficient (Wildman–Crippen LogP) is -2.13. The Hall–Kier alpha value is -0.340. The van der Waals surface area contributed by atoms with Gasteiger partial charge in [-0.3, -0.25) is 9.11 Å². The fraction of sp³-hybridized carbons (Fsp3) is 1.00. The standard InChI is InChI=1S/C6H16N.C3H9N.2H2O4S/c1-5-6-7(2,3)4;1-4(2)3;2*1-5(2,3)4/h5-6H2,1-4H3;1-3H3;2*(H2,1,2,3,4)/q+1;;;/p-1. The highest BCUT2D eigenvalue weighted by Crippen LogP contribution is 1.90. The zero-order valence-electron chi connectivity index (χ0n) is 13.5. The normalized spacial score (nSPS) is 11.2. The molecule has 0 fully saturated rings. The molecule has 0 atom stereocenters. The molecule has 0 aliphatic rings. The van der Waals surface area contributed by atoms with Crippen molar-refractivity contribution in [2.45, 2.75) is 13.3 Å². The first-order valence-corrected chi connectivity index (χ1v) is 8.46. The van der Waals surface area contributed by atoms with Gasteiger partial charge >= 0.3 is 0 Å². The molecule has 0 aliphatic heterocycles. The van der Waals surface area contributed by atoms with Crippen LogP contribution in [0.1, 0.15) is 13.3 Å². The number of quaternary nitrogens is 2. The average molecular weight is 356 g/mol. The van der Waals surface area contributed by atoms with E-state index in [0.29, 0.717) is 0 Å². The summed E-state index contributed by atoms with van der Waals surface area (Å²) in [5.74, 6) is 0. The molecule has 0 unspecified atom stereocenters. The van der Waals surface area contributed by atoms with E-state index in [1.807, 2.05) is 0 Å². The van der Waals surface area contributed by atoms with Gasteiger partial charge in [-0.15, -0.1) is 0 Å². The second-order valence-corrected chi connectivity index (χ2v) is 7.08. The lowest BCUT2D eigenvalue weighted by Gasteiger charge is -2.22. The Balaban J connectivity index is -0.0000000939. The first-order chi connectivity index (χ1) is 8.79. The summed E-state index contributed by atoms with van der Waals surface area (Å²) in [5.41, 5.74) is 0. The molecule has 0 aromatic rings. The van der Waals surface area contributed by atoms with E-state index >= 15 is 0 Å². The Morgan fingerprint density at radius 1 is 0.905 bits per heavy atom. The van der Waals surface area contributed by atoms with E-state index < -0.39 is 20.8 Å². The van der Waals surface area contributed by atoms with Crippen molar-refractivity contribution in [2.75, 3.05) is 48.8 Å². The topological polar surface area (TPSA) is 159 Å². The molecule has 12 heteroatoms. The molecule has 0 bridgehead atoms. The van der Waals surface area contributed by atoms with Crippen LogP contribution in [0.5, 0.6) is 0 Å². The third-order valence-electron chi connectivity index (χ3n) is 0.894.